The molecule has 74 valence electrons. The third-order valence-electron chi connectivity index (χ3n) is 1.63. The fraction of sp³-hybridized carbons (Fsp3) is 0.300. The lowest BCUT2D eigenvalue weighted by Gasteiger charge is -2.06. The van der Waals surface area contributed by atoms with E-state index in [1.54, 1.807) is 6.92 Å². The Morgan fingerprint density at radius 3 is 2.36 bits per heavy atom. The lowest BCUT2D eigenvalue weighted by atomic mass is 10.1. The highest BCUT2D eigenvalue weighted by atomic mass is 19.1. The van der Waals surface area contributed by atoms with Gasteiger partial charge in [-0.25, -0.2) is 8.78 Å². The lowest BCUT2D eigenvalue weighted by Crippen LogP contribution is -1.99. The summed E-state index contributed by atoms with van der Waals surface area (Å²) >= 11 is 0. The van der Waals surface area contributed by atoms with Gasteiger partial charge in [0.2, 0.25) is 0 Å². The van der Waals surface area contributed by atoms with Crippen LogP contribution in [0.25, 0.3) is 0 Å². The third kappa shape index (κ3) is 2.19. The fourth-order valence-corrected chi connectivity index (χ4v) is 1.09. The lowest BCUT2D eigenvalue weighted by molar-refractivity contribution is 0.302. The zero-order valence-electron chi connectivity index (χ0n) is 7.68. The van der Waals surface area contributed by atoms with Crippen LogP contribution in [0.3, 0.4) is 0 Å². The van der Waals surface area contributed by atoms with Crippen molar-refractivity contribution in [2.24, 2.45) is 0 Å². The summed E-state index contributed by atoms with van der Waals surface area (Å²) in [5, 5.41) is 8.35. The average molecular weight is 197 g/mol. The van der Waals surface area contributed by atoms with E-state index >= 15 is 0 Å². The molecule has 1 rings (SSSR count). The Labute approximate surface area is 80.7 Å². The standard InChI is InChI=1S/C10H9F2NO/c1-2-14-10-8(11)5-7(3-4-13)6-9(10)12/h5-6H,2-3H2,1H3. The van der Waals surface area contributed by atoms with Crippen LogP contribution in [-0.4, -0.2) is 6.61 Å². The van der Waals surface area contributed by atoms with Gasteiger partial charge in [-0.2, -0.15) is 5.26 Å². The third-order valence-corrected chi connectivity index (χ3v) is 1.63. The molecule has 1 aromatic carbocycles. The van der Waals surface area contributed by atoms with E-state index in [-0.39, 0.29) is 18.8 Å². The van der Waals surface area contributed by atoms with E-state index in [2.05, 4.69) is 0 Å². The van der Waals surface area contributed by atoms with Gasteiger partial charge in [0.25, 0.3) is 0 Å². The van der Waals surface area contributed by atoms with Crippen LogP contribution in [0.5, 0.6) is 5.75 Å². The van der Waals surface area contributed by atoms with Crippen molar-refractivity contribution in [3.05, 3.63) is 29.3 Å². The van der Waals surface area contributed by atoms with Crippen molar-refractivity contribution in [1.29, 1.82) is 5.26 Å². The molecule has 1 aromatic rings. The molecule has 0 N–H and O–H groups in total. The minimum atomic E-state index is -0.767. The van der Waals surface area contributed by atoms with E-state index in [1.165, 1.54) is 0 Å². The molecule has 0 saturated carbocycles. The van der Waals surface area contributed by atoms with Gasteiger partial charge >= 0.3 is 0 Å². The number of hydrogen-bond donors (Lipinski definition) is 0. The van der Waals surface area contributed by atoms with Gasteiger partial charge in [0, 0.05) is 0 Å². The molecule has 0 amide bonds. The summed E-state index contributed by atoms with van der Waals surface area (Å²) in [6.45, 7) is 1.84. The molecule has 0 aliphatic rings. The first-order valence-corrected chi connectivity index (χ1v) is 4.16. The molecule has 14 heavy (non-hydrogen) atoms. The van der Waals surface area contributed by atoms with Crippen molar-refractivity contribution < 1.29 is 13.5 Å². The van der Waals surface area contributed by atoms with Crippen LogP contribution in [0.4, 0.5) is 8.78 Å². The summed E-state index contributed by atoms with van der Waals surface area (Å²) in [4.78, 5) is 0. The van der Waals surface area contributed by atoms with Crippen molar-refractivity contribution in [1.82, 2.24) is 0 Å². The molecule has 0 heterocycles. The van der Waals surface area contributed by atoms with E-state index < -0.39 is 11.6 Å². The second-order valence-corrected chi connectivity index (χ2v) is 2.66. The Bertz CT molecular complexity index is 348. The van der Waals surface area contributed by atoms with E-state index in [0.29, 0.717) is 5.56 Å². The predicted octanol–water partition coefficient (Wildman–Crippen LogP) is 2.43. The van der Waals surface area contributed by atoms with Gasteiger partial charge in [0.05, 0.1) is 19.1 Å². The van der Waals surface area contributed by atoms with Crippen LogP contribution in [0.15, 0.2) is 12.1 Å². The van der Waals surface area contributed by atoms with Gasteiger partial charge in [0.1, 0.15) is 0 Å². The van der Waals surface area contributed by atoms with Gasteiger partial charge in [-0.3, -0.25) is 0 Å². The summed E-state index contributed by atoms with van der Waals surface area (Å²) in [6, 6.07) is 4.03. The highest BCUT2D eigenvalue weighted by molar-refractivity contribution is 5.32. The molecule has 0 unspecified atom stereocenters. The van der Waals surface area contributed by atoms with Crippen molar-refractivity contribution in [3.8, 4) is 11.8 Å². The van der Waals surface area contributed by atoms with Gasteiger partial charge in [-0.15, -0.1) is 0 Å². The Hall–Kier alpha value is -1.63. The second-order valence-electron chi connectivity index (χ2n) is 2.66. The maximum absolute atomic E-state index is 13.1. The van der Waals surface area contributed by atoms with Crippen molar-refractivity contribution >= 4 is 0 Å². The molecule has 0 saturated heterocycles. The maximum atomic E-state index is 13.1. The second kappa shape index (κ2) is 4.56. The zero-order chi connectivity index (χ0) is 10.6. The van der Waals surface area contributed by atoms with Crippen LogP contribution >= 0.6 is 0 Å². The number of hydrogen-bond acceptors (Lipinski definition) is 2. The van der Waals surface area contributed by atoms with Crippen LogP contribution < -0.4 is 4.74 Å². The molecule has 2 nitrogen and oxygen atoms in total. The van der Waals surface area contributed by atoms with Gasteiger partial charge < -0.3 is 4.74 Å². The van der Waals surface area contributed by atoms with Crippen LogP contribution in [0.1, 0.15) is 12.5 Å². The van der Waals surface area contributed by atoms with Gasteiger partial charge in [-0.05, 0) is 24.6 Å². The molecule has 0 aromatic heterocycles. The number of halogens is 2. The Morgan fingerprint density at radius 1 is 1.36 bits per heavy atom. The highest BCUT2D eigenvalue weighted by Crippen LogP contribution is 2.23. The summed E-state index contributed by atoms with van der Waals surface area (Å²) in [7, 11) is 0. The monoisotopic (exact) mass is 197 g/mol. The SMILES string of the molecule is CCOc1c(F)cc(CC#N)cc1F. The van der Waals surface area contributed by atoms with Gasteiger partial charge in [-0.1, -0.05) is 0 Å². The molecular formula is C10H9F2NO. The maximum Gasteiger partial charge on any atom is 0.190 e. The smallest absolute Gasteiger partial charge is 0.190 e. The number of benzene rings is 1. The molecule has 4 heteroatoms. The Balaban J connectivity index is 3.06. The van der Waals surface area contributed by atoms with Gasteiger partial charge in [0.15, 0.2) is 17.4 Å². The molecular weight excluding hydrogens is 188 g/mol. The van der Waals surface area contributed by atoms with E-state index in [9.17, 15) is 8.78 Å². The van der Waals surface area contributed by atoms with Crippen LogP contribution in [0, 0.1) is 23.0 Å². The average Bonchev–Trinajstić information content (AvgIpc) is 2.12. The Morgan fingerprint density at radius 2 is 1.93 bits per heavy atom. The van der Waals surface area contributed by atoms with E-state index in [4.69, 9.17) is 10.00 Å². The largest absolute Gasteiger partial charge is 0.488 e. The molecule has 0 spiro atoms. The topological polar surface area (TPSA) is 33.0 Å². The van der Waals surface area contributed by atoms with Crippen LogP contribution in [-0.2, 0) is 6.42 Å². The molecule has 0 aliphatic carbocycles. The molecule has 0 bridgehead atoms. The predicted molar refractivity (Wildman–Crippen MR) is 46.8 cm³/mol. The van der Waals surface area contributed by atoms with Crippen molar-refractivity contribution in [2.75, 3.05) is 6.61 Å². The normalized spacial score (nSPS) is 9.57. The highest BCUT2D eigenvalue weighted by Gasteiger charge is 2.11. The number of ether oxygens (including phenoxy) is 1. The fourth-order valence-electron chi connectivity index (χ4n) is 1.09. The minimum Gasteiger partial charge on any atom is -0.488 e. The summed E-state index contributed by atoms with van der Waals surface area (Å²) in [5.74, 6) is -1.91. The summed E-state index contributed by atoms with van der Waals surface area (Å²) in [5.41, 5.74) is 0.311. The number of nitrogens with zero attached hydrogens (tertiary/aromatic N) is 1. The first-order chi connectivity index (χ1) is 6.69. The van der Waals surface area contributed by atoms with E-state index in [0.717, 1.165) is 12.1 Å². The van der Waals surface area contributed by atoms with E-state index in [1.807, 2.05) is 6.07 Å². The minimum absolute atomic E-state index is 0.0136. The van der Waals surface area contributed by atoms with Crippen molar-refractivity contribution in [3.63, 3.8) is 0 Å². The quantitative estimate of drug-likeness (QED) is 0.745. The zero-order valence-corrected chi connectivity index (χ0v) is 7.68. The van der Waals surface area contributed by atoms with Crippen molar-refractivity contribution in [2.45, 2.75) is 13.3 Å². The van der Waals surface area contributed by atoms with Crippen LogP contribution in [0.2, 0.25) is 0 Å². The summed E-state index contributed by atoms with van der Waals surface area (Å²) in [6.07, 6.45) is -0.0136. The number of rotatable bonds is 3. The first-order valence-electron chi connectivity index (χ1n) is 4.16. The molecule has 0 atom stereocenters. The summed E-state index contributed by atoms with van der Waals surface area (Å²) < 4.78 is 31.1. The molecule has 0 fully saturated rings. The molecule has 0 radical (unpaired) electrons. The molecule has 0 aliphatic heterocycles. The first kappa shape index (κ1) is 10.5. The Kier molecular flexibility index (Phi) is 3.41. The number of nitriles is 1.